The average Bonchev–Trinajstić information content (AvgIpc) is 2.40. The lowest BCUT2D eigenvalue weighted by Gasteiger charge is -2.11. The van der Waals surface area contributed by atoms with Gasteiger partial charge in [0.15, 0.2) is 5.96 Å². The van der Waals surface area contributed by atoms with E-state index >= 15 is 0 Å². The molecule has 1 aromatic carbocycles. The number of hydrogen-bond donors (Lipinski definition) is 2. The lowest BCUT2D eigenvalue weighted by Crippen LogP contribution is -2.36. The van der Waals surface area contributed by atoms with E-state index in [0.717, 1.165) is 0 Å². The van der Waals surface area contributed by atoms with Gasteiger partial charge in [0, 0.05) is 25.7 Å². The minimum absolute atomic E-state index is 0.262. The Morgan fingerprint density at radius 1 is 1.56 bits per heavy atom. The van der Waals surface area contributed by atoms with Crippen LogP contribution in [0.25, 0.3) is 0 Å². The fourth-order valence-electron chi connectivity index (χ4n) is 1.35. The van der Waals surface area contributed by atoms with E-state index in [1.165, 1.54) is 18.2 Å². The molecule has 1 aromatic rings. The smallest absolute Gasteiger partial charge is 0.191 e. The van der Waals surface area contributed by atoms with E-state index in [9.17, 15) is 4.39 Å². The standard InChI is InChI=1S/C13H15FN4/c1-3-6-17-13(16-2)18-9-11-7-10(8-15)4-5-12(11)14/h3-5,7H,1,6,9H2,2H3,(H2,16,17,18). The number of halogens is 1. The fourth-order valence-corrected chi connectivity index (χ4v) is 1.35. The summed E-state index contributed by atoms with van der Waals surface area (Å²) in [5.41, 5.74) is 0.859. The van der Waals surface area contributed by atoms with Crippen molar-refractivity contribution in [2.24, 2.45) is 4.99 Å². The Hall–Kier alpha value is -2.35. The van der Waals surface area contributed by atoms with E-state index in [1.807, 2.05) is 6.07 Å². The number of nitriles is 1. The molecule has 0 heterocycles. The number of aliphatic imine (C=N–C) groups is 1. The summed E-state index contributed by atoms with van der Waals surface area (Å²) in [6.07, 6.45) is 1.70. The van der Waals surface area contributed by atoms with Crippen molar-refractivity contribution >= 4 is 5.96 Å². The summed E-state index contributed by atoms with van der Waals surface area (Å²) in [6, 6.07) is 6.23. The highest BCUT2D eigenvalue weighted by molar-refractivity contribution is 5.79. The van der Waals surface area contributed by atoms with Crippen LogP contribution < -0.4 is 10.6 Å². The van der Waals surface area contributed by atoms with Crippen LogP contribution in [0.4, 0.5) is 4.39 Å². The molecule has 0 saturated heterocycles. The fraction of sp³-hybridized carbons (Fsp3) is 0.231. The maximum Gasteiger partial charge on any atom is 0.191 e. The Balaban J connectivity index is 2.67. The van der Waals surface area contributed by atoms with Gasteiger partial charge >= 0.3 is 0 Å². The molecule has 2 N–H and O–H groups in total. The van der Waals surface area contributed by atoms with Gasteiger partial charge in [-0.3, -0.25) is 4.99 Å². The zero-order valence-corrected chi connectivity index (χ0v) is 10.2. The topological polar surface area (TPSA) is 60.2 Å². The monoisotopic (exact) mass is 246 g/mol. The number of nitrogens with zero attached hydrogens (tertiary/aromatic N) is 2. The maximum atomic E-state index is 13.5. The Morgan fingerprint density at radius 2 is 2.33 bits per heavy atom. The van der Waals surface area contributed by atoms with Gasteiger partial charge in [0.05, 0.1) is 11.6 Å². The predicted molar refractivity (Wildman–Crippen MR) is 69.5 cm³/mol. The molecule has 5 heteroatoms. The molecule has 1 rings (SSSR count). The highest BCUT2D eigenvalue weighted by Crippen LogP contribution is 2.09. The molecule has 0 aliphatic carbocycles. The normalized spacial score (nSPS) is 10.6. The minimum atomic E-state index is -0.347. The third kappa shape index (κ3) is 3.91. The van der Waals surface area contributed by atoms with Gasteiger partial charge in [-0.05, 0) is 18.2 Å². The molecule has 18 heavy (non-hydrogen) atoms. The quantitative estimate of drug-likeness (QED) is 0.481. The third-order valence-corrected chi connectivity index (χ3v) is 2.26. The van der Waals surface area contributed by atoms with Crippen LogP contribution >= 0.6 is 0 Å². The van der Waals surface area contributed by atoms with Crippen molar-refractivity contribution in [3.05, 3.63) is 47.8 Å². The number of guanidine groups is 1. The van der Waals surface area contributed by atoms with Crippen molar-refractivity contribution in [3.8, 4) is 6.07 Å². The second-order valence-corrected chi connectivity index (χ2v) is 3.51. The summed E-state index contributed by atoms with van der Waals surface area (Å²) in [4.78, 5) is 3.97. The lowest BCUT2D eigenvalue weighted by molar-refractivity contribution is 0.605. The summed E-state index contributed by atoms with van der Waals surface area (Å²) in [5.74, 6) is 0.206. The first kappa shape index (κ1) is 13.7. The van der Waals surface area contributed by atoms with Crippen LogP contribution in [0.5, 0.6) is 0 Å². The van der Waals surface area contributed by atoms with Gasteiger partial charge in [0.25, 0.3) is 0 Å². The van der Waals surface area contributed by atoms with Gasteiger partial charge in [-0.15, -0.1) is 6.58 Å². The molecule has 4 nitrogen and oxygen atoms in total. The van der Waals surface area contributed by atoms with Crippen LogP contribution in [-0.4, -0.2) is 19.6 Å². The van der Waals surface area contributed by atoms with Crippen LogP contribution in [0.2, 0.25) is 0 Å². The number of benzene rings is 1. The van der Waals surface area contributed by atoms with Gasteiger partial charge in [0.2, 0.25) is 0 Å². The van der Waals surface area contributed by atoms with Crippen molar-refractivity contribution in [3.63, 3.8) is 0 Å². The predicted octanol–water partition coefficient (Wildman–Crippen LogP) is 1.55. The number of nitrogens with one attached hydrogen (secondary N) is 2. The first-order chi connectivity index (χ1) is 8.71. The Morgan fingerprint density at radius 3 is 2.94 bits per heavy atom. The molecule has 94 valence electrons. The molecular weight excluding hydrogens is 231 g/mol. The van der Waals surface area contributed by atoms with Gasteiger partial charge in [-0.25, -0.2) is 4.39 Å². The van der Waals surface area contributed by atoms with Crippen LogP contribution in [0.1, 0.15) is 11.1 Å². The molecule has 0 bridgehead atoms. The molecule has 0 unspecified atom stereocenters. The Bertz CT molecular complexity index is 488. The molecule has 0 amide bonds. The highest BCUT2D eigenvalue weighted by Gasteiger charge is 2.04. The van der Waals surface area contributed by atoms with Gasteiger partial charge in [0.1, 0.15) is 5.82 Å². The van der Waals surface area contributed by atoms with E-state index in [1.54, 1.807) is 13.1 Å². The Kier molecular flexibility index (Phi) is 5.39. The van der Waals surface area contributed by atoms with Gasteiger partial charge in [-0.1, -0.05) is 6.08 Å². The number of rotatable bonds is 4. The maximum absolute atomic E-state index is 13.5. The molecule has 0 radical (unpaired) electrons. The molecule has 0 atom stereocenters. The van der Waals surface area contributed by atoms with Crippen LogP contribution in [0, 0.1) is 17.1 Å². The van der Waals surface area contributed by atoms with Gasteiger partial charge < -0.3 is 10.6 Å². The van der Waals surface area contributed by atoms with Crippen molar-refractivity contribution < 1.29 is 4.39 Å². The molecule has 0 aliphatic rings. The zero-order chi connectivity index (χ0) is 13.4. The highest BCUT2D eigenvalue weighted by atomic mass is 19.1. The molecule has 0 spiro atoms. The van der Waals surface area contributed by atoms with Crippen LogP contribution in [0.15, 0.2) is 35.8 Å². The second-order valence-electron chi connectivity index (χ2n) is 3.51. The first-order valence-electron chi connectivity index (χ1n) is 5.45. The van der Waals surface area contributed by atoms with Crippen LogP contribution in [0.3, 0.4) is 0 Å². The summed E-state index contributed by atoms with van der Waals surface area (Å²) >= 11 is 0. The lowest BCUT2D eigenvalue weighted by atomic mass is 10.1. The summed E-state index contributed by atoms with van der Waals surface area (Å²) in [7, 11) is 1.63. The third-order valence-electron chi connectivity index (χ3n) is 2.26. The summed E-state index contributed by atoms with van der Waals surface area (Å²) in [6.45, 7) is 4.41. The number of hydrogen-bond acceptors (Lipinski definition) is 2. The van der Waals surface area contributed by atoms with E-state index in [4.69, 9.17) is 5.26 Å². The summed E-state index contributed by atoms with van der Waals surface area (Å²) in [5, 5.41) is 14.7. The van der Waals surface area contributed by atoms with E-state index in [2.05, 4.69) is 22.2 Å². The molecular formula is C13H15FN4. The van der Waals surface area contributed by atoms with E-state index in [0.29, 0.717) is 23.6 Å². The molecule has 0 fully saturated rings. The van der Waals surface area contributed by atoms with Crippen molar-refractivity contribution in [1.82, 2.24) is 10.6 Å². The summed E-state index contributed by atoms with van der Waals surface area (Å²) < 4.78 is 13.5. The van der Waals surface area contributed by atoms with E-state index in [-0.39, 0.29) is 12.4 Å². The average molecular weight is 246 g/mol. The molecule has 0 aliphatic heterocycles. The largest absolute Gasteiger partial charge is 0.353 e. The SMILES string of the molecule is C=CCNC(=NC)NCc1cc(C#N)ccc1F. The van der Waals surface area contributed by atoms with Crippen molar-refractivity contribution in [2.45, 2.75) is 6.54 Å². The van der Waals surface area contributed by atoms with Crippen LogP contribution in [-0.2, 0) is 6.54 Å². The first-order valence-corrected chi connectivity index (χ1v) is 5.45. The Labute approximate surface area is 106 Å². The minimum Gasteiger partial charge on any atom is -0.353 e. The molecule has 0 aromatic heterocycles. The zero-order valence-electron chi connectivity index (χ0n) is 10.2. The van der Waals surface area contributed by atoms with Gasteiger partial charge in [-0.2, -0.15) is 5.26 Å². The molecule has 0 saturated carbocycles. The van der Waals surface area contributed by atoms with E-state index < -0.39 is 0 Å². The van der Waals surface area contributed by atoms with Crippen molar-refractivity contribution in [2.75, 3.05) is 13.6 Å². The second kappa shape index (κ2) is 7.07. The van der Waals surface area contributed by atoms with Crippen molar-refractivity contribution in [1.29, 1.82) is 5.26 Å².